The second-order valence-corrected chi connectivity index (χ2v) is 11.6. The van der Waals surface area contributed by atoms with E-state index < -0.39 is 15.9 Å². The Bertz CT molecular complexity index is 1190. The van der Waals surface area contributed by atoms with Crippen LogP contribution in [0.5, 0.6) is 5.75 Å². The topological polar surface area (TPSA) is 75.7 Å². The molecule has 2 heterocycles. The van der Waals surface area contributed by atoms with Crippen molar-refractivity contribution < 1.29 is 17.9 Å². The van der Waals surface area contributed by atoms with Gasteiger partial charge in [0.15, 0.2) is 0 Å². The minimum Gasteiger partial charge on any atom is -0.490 e. The van der Waals surface area contributed by atoms with Gasteiger partial charge in [-0.25, -0.2) is 13.1 Å². The number of hydrogen-bond acceptors (Lipinski definition) is 5. The van der Waals surface area contributed by atoms with Gasteiger partial charge in [0, 0.05) is 24.9 Å². The van der Waals surface area contributed by atoms with Crippen molar-refractivity contribution in [1.82, 2.24) is 4.72 Å². The van der Waals surface area contributed by atoms with Crippen LogP contribution in [-0.4, -0.2) is 34.0 Å². The Labute approximate surface area is 189 Å². The first kappa shape index (κ1) is 20.1. The zero-order valence-corrected chi connectivity index (χ0v) is 18.9. The van der Waals surface area contributed by atoms with E-state index in [-0.39, 0.29) is 22.6 Å². The molecule has 2 bridgehead atoms. The summed E-state index contributed by atoms with van der Waals surface area (Å²) in [6.45, 7) is 2.21. The maximum Gasteiger partial charge on any atom is 0.264 e. The van der Waals surface area contributed by atoms with E-state index >= 15 is 0 Å². The number of fused-ring (bicyclic) bond motifs is 4. The molecule has 32 heavy (non-hydrogen) atoms. The summed E-state index contributed by atoms with van der Waals surface area (Å²) in [6.07, 6.45) is 5.57. The SMILES string of the molecule is O=C1CC2CCC2CN2CC3(CCCc4ccccc43)COc3ccc(cc32)S(=O)(=O)N1. The fourth-order valence-corrected chi connectivity index (χ4v) is 7.16. The molecular formula is C25H28N2O4S. The Morgan fingerprint density at radius 1 is 1.09 bits per heavy atom. The number of ether oxygens (including phenoxy) is 1. The summed E-state index contributed by atoms with van der Waals surface area (Å²) < 4.78 is 34.5. The number of sulfonamides is 1. The number of anilines is 1. The summed E-state index contributed by atoms with van der Waals surface area (Å²) in [6, 6.07) is 13.7. The molecule has 3 unspecified atom stereocenters. The molecule has 0 saturated heterocycles. The van der Waals surface area contributed by atoms with Gasteiger partial charge in [-0.1, -0.05) is 24.3 Å². The molecule has 2 aliphatic carbocycles. The van der Waals surface area contributed by atoms with Gasteiger partial charge >= 0.3 is 0 Å². The first-order chi connectivity index (χ1) is 15.4. The third-order valence-electron chi connectivity index (χ3n) is 7.99. The van der Waals surface area contributed by atoms with Crippen molar-refractivity contribution in [2.75, 3.05) is 24.6 Å². The first-order valence-electron chi connectivity index (χ1n) is 11.6. The fraction of sp³-hybridized carbons (Fsp3) is 0.480. The van der Waals surface area contributed by atoms with Crippen LogP contribution in [0, 0.1) is 11.8 Å². The molecular weight excluding hydrogens is 424 g/mol. The standard InChI is InChI=1S/C25H28N2O4S/c28-24-12-18-7-8-19(18)14-27-15-25(11-3-5-17-4-1-2-6-21(17)25)16-31-23-10-9-20(13-22(23)27)32(29,30)26-24/h1-2,4,6,9-10,13,18-19H,3,5,7-8,11-12,14-16H2,(H,26,28). The van der Waals surface area contributed by atoms with Crippen LogP contribution in [0.25, 0.3) is 0 Å². The van der Waals surface area contributed by atoms with E-state index in [1.54, 1.807) is 18.2 Å². The highest BCUT2D eigenvalue weighted by Gasteiger charge is 2.44. The van der Waals surface area contributed by atoms with Crippen LogP contribution in [0.1, 0.15) is 43.2 Å². The van der Waals surface area contributed by atoms with E-state index in [1.807, 2.05) is 0 Å². The molecule has 1 spiro atoms. The lowest BCUT2D eigenvalue weighted by Crippen LogP contribution is -2.48. The van der Waals surface area contributed by atoms with Crippen molar-refractivity contribution in [2.24, 2.45) is 11.8 Å². The molecule has 168 valence electrons. The van der Waals surface area contributed by atoms with Crippen LogP contribution in [-0.2, 0) is 26.7 Å². The molecule has 6 rings (SSSR count). The summed E-state index contributed by atoms with van der Waals surface area (Å²) >= 11 is 0. The molecule has 2 aliphatic heterocycles. The second-order valence-electron chi connectivity index (χ2n) is 9.92. The zero-order valence-electron chi connectivity index (χ0n) is 18.0. The van der Waals surface area contributed by atoms with E-state index in [0.717, 1.165) is 56.6 Å². The highest BCUT2D eigenvalue weighted by Crippen LogP contribution is 2.46. The van der Waals surface area contributed by atoms with Crippen LogP contribution in [0.2, 0.25) is 0 Å². The van der Waals surface area contributed by atoms with E-state index in [2.05, 4.69) is 33.9 Å². The van der Waals surface area contributed by atoms with Crippen molar-refractivity contribution in [3.05, 3.63) is 53.6 Å². The van der Waals surface area contributed by atoms with Crippen LogP contribution in [0.15, 0.2) is 47.4 Å². The average Bonchev–Trinajstić information content (AvgIpc) is 2.92. The monoisotopic (exact) mass is 452 g/mol. The number of nitrogens with one attached hydrogen (secondary N) is 1. The van der Waals surface area contributed by atoms with Crippen LogP contribution in [0.4, 0.5) is 5.69 Å². The molecule has 3 atom stereocenters. The molecule has 2 aromatic carbocycles. The van der Waals surface area contributed by atoms with Gasteiger partial charge in [-0.05, 0) is 73.3 Å². The summed E-state index contributed by atoms with van der Waals surface area (Å²) in [4.78, 5) is 14.9. The molecule has 6 nitrogen and oxygen atoms in total. The van der Waals surface area contributed by atoms with Crippen molar-refractivity contribution in [2.45, 2.75) is 48.8 Å². The molecule has 1 N–H and O–H groups in total. The quantitative estimate of drug-likeness (QED) is 0.663. The van der Waals surface area contributed by atoms with Gasteiger partial charge in [0.2, 0.25) is 5.91 Å². The summed E-state index contributed by atoms with van der Waals surface area (Å²) in [5.41, 5.74) is 3.46. The Morgan fingerprint density at radius 3 is 2.78 bits per heavy atom. The van der Waals surface area contributed by atoms with Gasteiger partial charge in [-0.15, -0.1) is 0 Å². The van der Waals surface area contributed by atoms with Gasteiger partial charge in [0.05, 0.1) is 17.2 Å². The normalized spacial score (nSPS) is 30.5. The fourth-order valence-electron chi connectivity index (χ4n) is 6.15. The van der Waals surface area contributed by atoms with Crippen molar-refractivity contribution in [3.63, 3.8) is 0 Å². The van der Waals surface area contributed by atoms with Gasteiger partial charge < -0.3 is 9.64 Å². The van der Waals surface area contributed by atoms with Crippen LogP contribution < -0.4 is 14.4 Å². The predicted molar refractivity (Wildman–Crippen MR) is 121 cm³/mol. The minimum absolute atomic E-state index is 0.118. The lowest BCUT2D eigenvalue weighted by Gasteiger charge is -2.44. The van der Waals surface area contributed by atoms with Crippen LogP contribution >= 0.6 is 0 Å². The third-order valence-corrected chi connectivity index (χ3v) is 9.37. The van der Waals surface area contributed by atoms with E-state index in [0.29, 0.717) is 12.5 Å². The molecule has 1 amide bonds. The molecule has 2 aromatic rings. The average molecular weight is 453 g/mol. The molecule has 0 aromatic heterocycles. The number of benzene rings is 2. The molecule has 0 radical (unpaired) electrons. The van der Waals surface area contributed by atoms with E-state index in [1.165, 1.54) is 11.1 Å². The molecule has 4 aliphatic rings. The van der Waals surface area contributed by atoms with Crippen LogP contribution in [0.3, 0.4) is 0 Å². The van der Waals surface area contributed by atoms with E-state index in [9.17, 15) is 13.2 Å². The minimum atomic E-state index is -3.90. The summed E-state index contributed by atoms with van der Waals surface area (Å²) in [5, 5.41) is 0. The number of amides is 1. The van der Waals surface area contributed by atoms with Crippen molar-refractivity contribution >= 4 is 21.6 Å². The predicted octanol–water partition coefficient (Wildman–Crippen LogP) is 3.39. The number of rotatable bonds is 0. The Morgan fingerprint density at radius 2 is 1.94 bits per heavy atom. The van der Waals surface area contributed by atoms with Gasteiger partial charge in [0.25, 0.3) is 10.0 Å². The zero-order chi connectivity index (χ0) is 21.9. The smallest absolute Gasteiger partial charge is 0.264 e. The number of aryl methyl sites for hydroxylation is 1. The molecule has 1 saturated carbocycles. The van der Waals surface area contributed by atoms with E-state index in [4.69, 9.17) is 4.74 Å². The second kappa shape index (κ2) is 7.24. The Kier molecular flexibility index (Phi) is 4.54. The lowest BCUT2D eigenvalue weighted by molar-refractivity contribution is -0.121. The lowest BCUT2D eigenvalue weighted by atomic mass is 9.69. The Hall–Kier alpha value is -2.54. The number of hydrogen-bond donors (Lipinski definition) is 1. The first-order valence-corrected chi connectivity index (χ1v) is 13.1. The summed E-state index contributed by atoms with van der Waals surface area (Å²) in [7, 11) is -3.90. The third kappa shape index (κ3) is 3.20. The maximum atomic E-state index is 12.9. The van der Waals surface area contributed by atoms with Gasteiger partial charge in [-0.3, -0.25) is 4.79 Å². The highest BCUT2D eigenvalue weighted by molar-refractivity contribution is 7.90. The van der Waals surface area contributed by atoms with Crippen molar-refractivity contribution in [1.29, 1.82) is 0 Å². The summed E-state index contributed by atoms with van der Waals surface area (Å²) in [5.74, 6) is 0.932. The van der Waals surface area contributed by atoms with Gasteiger partial charge in [-0.2, -0.15) is 0 Å². The Balaban J connectivity index is 1.48. The number of carbonyl (C=O) groups excluding carboxylic acids is 1. The number of carbonyl (C=O) groups is 1. The largest absolute Gasteiger partial charge is 0.490 e. The number of nitrogens with zero attached hydrogens (tertiary/aromatic N) is 1. The van der Waals surface area contributed by atoms with Gasteiger partial charge in [0.1, 0.15) is 5.75 Å². The highest BCUT2D eigenvalue weighted by atomic mass is 32.2. The maximum absolute atomic E-state index is 12.9. The van der Waals surface area contributed by atoms with Crippen molar-refractivity contribution in [3.8, 4) is 5.75 Å². The molecule has 7 heteroatoms. The molecule has 1 fully saturated rings.